The molecule has 0 aliphatic carbocycles. The van der Waals surface area contributed by atoms with Crippen molar-refractivity contribution >= 4 is 18.0 Å². The summed E-state index contributed by atoms with van der Waals surface area (Å²) in [5.41, 5.74) is 6.97. The van der Waals surface area contributed by atoms with Crippen molar-refractivity contribution in [3.05, 3.63) is 35.4 Å². The van der Waals surface area contributed by atoms with Gasteiger partial charge < -0.3 is 20.5 Å². The molecule has 2 rings (SSSR count). The molecule has 1 aliphatic heterocycles. The predicted octanol–water partition coefficient (Wildman–Crippen LogP) is 0.974. The zero-order valence-corrected chi connectivity index (χ0v) is 12.4. The standard InChI is InChI=1S/C16H21N3O3/c17-16(18)12-5-3-11(4-6-12)14-10-13(21)7-8-19(14)15(22)2-1-9-20/h3-6,9,13-14,21H,1-2,7-8,10H2,(H3,17,18). The van der Waals surface area contributed by atoms with Crippen LogP contribution in [0.5, 0.6) is 0 Å². The van der Waals surface area contributed by atoms with Gasteiger partial charge in [0.1, 0.15) is 12.1 Å². The van der Waals surface area contributed by atoms with E-state index in [4.69, 9.17) is 11.1 Å². The second-order valence-electron chi connectivity index (χ2n) is 5.52. The van der Waals surface area contributed by atoms with Gasteiger partial charge in [0.15, 0.2) is 0 Å². The summed E-state index contributed by atoms with van der Waals surface area (Å²) in [6.45, 7) is 0.484. The van der Waals surface area contributed by atoms with E-state index in [1.807, 2.05) is 12.1 Å². The lowest BCUT2D eigenvalue weighted by Gasteiger charge is -2.38. The number of nitrogens with zero attached hydrogens (tertiary/aromatic N) is 1. The Balaban J connectivity index is 2.20. The Labute approximate surface area is 129 Å². The summed E-state index contributed by atoms with van der Waals surface area (Å²) in [6, 6.07) is 6.95. The fourth-order valence-corrected chi connectivity index (χ4v) is 2.77. The van der Waals surface area contributed by atoms with Gasteiger partial charge in [-0.25, -0.2) is 0 Å². The van der Waals surface area contributed by atoms with Gasteiger partial charge in [-0.15, -0.1) is 0 Å². The maximum absolute atomic E-state index is 12.3. The van der Waals surface area contributed by atoms with Crippen molar-refractivity contribution in [2.45, 2.75) is 37.8 Å². The quantitative estimate of drug-likeness (QED) is 0.428. The molecular weight excluding hydrogens is 282 g/mol. The molecular formula is C16H21N3O3. The average Bonchev–Trinajstić information content (AvgIpc) is 2.52. The summed E-state index contributed by atoms with van der Waals surface area (Å²) in [5, 5.41) is 17.3. The number of hydrogen-bond acceptors (Lipinski definition) is 4. The number of aliphatic hydroxyl groups excluding tert-OH is 1. The summed E-state index contributed by atoms with van der Waals surface area (Å²) < 4.78 is 0. The Morgan fingerprint density at radius 1 is 1.41 bits per heavy atom. The average molecular weight is 303 g/mol. The monoisotopic (exact) mass is 303 g/mol. The lowest BCUT2D eigenvalue weighted by molar-refractivity contribution is -0.137. The Kier molecular flexibility index (Phi) is 5.27. The second-order valence-corrected chi connectivity index (χ2v) is 5.52. The van der Waals surface area contributed by atoms with Crippen LogP contribution in [0.3, 0.4) is 0 Å². The molecule has 6 heteroatoms. The van der Waals surface area contributed by atoms with E-state index >= 15 is 0 Å². The molecule has 2 atom stereocenters. The highest BCUT2D eigenvalue weighted by Gasteiger charge is 2.31. The first-order valence-electron chi connectivity index (χ1n) is 7.38. The van der Waals surface area contributed by atoms with E-state index in [0.717, 1.165) is 11.8 Å². The fourth-order valence-electron chi connectivity index (χ4n) is 2.77. The van der Waals surface area contributed by atoms with Gasteiger partial charge in [0.2, 0.25) is 5.91 Å². The van der Waals surface area contributed by atoms with Crippen molar-refractivity contribution in [2.24, 2.45) is 5.73 Å². The van der Waals surface area contributed by atoms with Crippen LogP contribution in [0.2, 0.25) is 0 Å². The van der Waals surface area contributed by atoms with E-state index in [1.54, 1.807) is 17.0 Å². The van der Waals surface area contributed by atoms with E-state index in [-0.39, 0.29) is 30.6 Å². The first-order valence-corrected chi connectivity index (χ1v) is 7.38. The molecule has 1 heterocycles. The number of nitrogens with one attached hydrogen (secondary N) is 1. The molecule has 1 amide bonds. The first kappa shape index (κ1) is 16.2. The van der Waals surface area contributed by atoms with Crippen LogP contribution in [-0.4, -0.2) is 40.7 Å². The lowest BCUT2D eigenvalue weighted by atomic mass is 9.92. The van der Waals surface area contributed by atoms with Crippen LogP contribution >= 0.6 is 0 Å². The number of carbonyl (C=O) groups is 2. The van der Waals surface area contributed by atoms with Crippen molar-refractivity contribution in [3.63, 3.8) is 0 Å². The Hall–Kier alpha value is -2.21. The topological polar surface area (TPSA) is 107 Å². The summed E-state index contributed by atoms with van der Waals surface area (Å²) in [7, 11) is 0. The SMILES string of the molecule is N=C(N)c1ccc(C2CC(O)CCN2C(=O)CCC=O)cc1. The van der Waals surface area contributed by atoms with Crippen LogP contribution in [-0.2, 0) is 9.59 Å². The highest BCUT2D eigenvalue weighted by molar-refractivity contribution is 5.94. The normalized spacial score (nSPS) is 21.4. The number of aliphatic hydroxyl groups is 1. The van der Waals surface area contributed by atoms with Crippen molar-refractivity contribution in [3.8, 4) is 0 Å². The molecule has 0 spiro atoms. The molecule has 1 fully saturated rings. The van der Waals surface area contributed by atoms with Crippen molar-refractivity contribution in [1.82, 2.24) is 4.90 Å². The molecule has 118 valence electrons. The molecule has 0 radical (unpaired) electrons. The van der Waals surface area contributed by atoms with Crippen LogP contribution in [0.1, 0.15) is 42.9 Å². The number of hydrogen-bond donors (Lipinski definition) is 3. The molecule has 0 bridgehead atoms. The Morgan fingerprint density at radius 3 is 2.68 bits per heavy atom. The van der Waals surface area contributed by atoms with Crippen LogP contribution < -0.4 is 5.73 Å². The predicted molar refractivity (Wildman–Crippen MR) is 82.5 cm³/mol. The zero-order chi connectivity index (χ0) is 16.1. The number of aldehydes is 1. The van der Waals surface area contributed by atoms with Gasteiger partial charge in [0.05, 0.1) is 12.1 Å². The fraction of sp³-hybridized carbons (Fsp3) is 0.438. The molecule has 1 saturated heterocycles. The molecule has 1 aliphatic rings. The van der Waals surface area contributed by atoms with E-state index in [1.165, 1.54) is 0 Å². The number of piperidine rings is 1. The maximum atomic E-state index is 12.3. The molecule has 6 nitrogen and oxygen atoms in total. The molecule has 0 aromatic heterocycles. The molecule has 4 N–H and O–H groups in total. The smallest absolute Gasteiger partial charge is 0.223 e. The molecule has 0 saturated carbocycles. The van der Waals surface area contributed by atoms with Crippen molar-refractivity contribution in [1.29, 1.82) is 5.41 Å². The maximum Gasteiger partial charge on any atom is 0.223 e. The van der Waals surface area contributed by atoms with E-state index in [9.17, 15) is 14.7 Å². The van der Waals surface area contributed by atoms with Gasteiger partial charge in [-0.2, -0.15) is 0 Å². The van der Waals surface area contributed by atoms with Gasteiger partial charge in [-0.05, 0) is 18.4 Å². The van der Waals surface area contributed by atoms with Gasteiger partial charge in [0, 0.05) is 24.9 Å². The van der Waals surface area contributed by atoms with Crippen LogP contribution in [0.25, 0.3) is 0 Å². The van der Waals surface area contributed by atoms with E-state index in [2.05, 4.69) is 0 Å². The molecule has 1 aromatic rings. The number of amides is 1. The second kappa shape index (κ2) is 7.17. The number of benzene rings is 1. The zero-order valence-electron chi connectivity index (χ0n) is 12.4. The molecule has 2 unspecified atom stereocenters. The highest BCUT2D eigenvalue weighted by atomic mass is 16.3. The van der Waals surface area contributed by atoms with Crippen LogP contribution in [0.15, 0.2) is 24.3 Å². The number of nitrogens with two attached hydrogens (primary N) is 1. The number of carbonyl (C=O) groups excluding carboxylic acids is 2. The highest BCUT2D eigenvalue weighted by Crippen LogP contribution is 2.31. The van der Waals surface area contributed by atoms with E-state index in [0.29, 0.717) is 24.9 Å². The number of rotatable bonds is 5. The minimum absolute atomic E-state index is 0.00542. The molecule has 22 heavy (non-hydrogen) atoms. The van der Waals surface area contributed by atoms with Gasteiger partial charge in [-0.3, -0.25) is 10.2 Å². The van der Waals surface area contributed by atoms with Crippen molar-refractivity contribution < 1.29 is 14.7 Å². The Bertz CT molecular complexity index is 556. The largest absolute Gasteiger partial charge is 0.393 e. The third-order valence-corrected chi connectivity index (χ3v) is 3.98. The lowest BCUT2D eigenvalue weighted by Crippen LogP contribution is -2.42. The minimum Gasteiger partial charge on any atom is -0.393 e. The van der Waals surface area contributed by atoms with Crippen LogP contribution in [0.4, 0.5) is 0 Å². The summed E-state index contributed by atoms with van der Waals surface area (Å²) in [5.74, 6) is -0.0752. The van der Waals surface area contributed by atoms with Crippen LogP contribution in [0, 0.1) is 5.41 Å². The summed E-state index contributed by atoms with van der Waals surface area (Å²) in [4.78, 5) is 24.4. The van der Waals surface area contributed by atoms with Crippen molar-refractivity contribution in [2.75, 3.05) is 6.54 Å². The summed E-state index contributed by atoms with van der Waals surface area (Å²) in [6.07, 6.45) is 1.75. The summed E-state index contributed by atoms with van der Waals surface area (Å²) >= 11 is 0. The minimum atomic E-state index is -0.437. The Morgan fingerprint density at radius 2 is 2.09 bits per heavy atom. The van der Waals surface area contributed by atoms with Gasteiger partial charge in [-0.1, -0.05) is 24.3 Å². The third-order valence-electron chi connectivity index (χ3n) is 3.98. The van der Waals surface area contributed by atoms with Gasteiger partial charge in [0.25, 0.3) is 0 Å². The van der Waals surface area contributed by atoms with E-state index < -0.39 is 6.10 Å². The first-order chi connectivity index (χ1) is 10.5. The number of likely N-dealkylation sites (tertiary alicyclic amines) is 1. The third kappa shape index (κ3) is 3.71. The number of amidine groups is 1. The van der Waals surface area contributed by atoms with Gasteiger partial charge >= 0.3 is 0 Å². The molecule has 1 aromatic carbocycles. The number of nitrogen functional groups attached to an aromatic ring is 1.